The van der Waals surface area contributed by atoms with Crippen molar-refractivity contribution >= 4 is 80.5 Å². The summed E-state index contributed by atoms with van der Waals surface area (Å²) in [6, 6.07) is -0.164. The highest BCUT2D eigenvalue weighted by molar-refractivity contribution is 9.11. The number of rotatable bonds is 1. The van der Waals surface area contributed by atoms with Gasteiger partial charge in [0.05, 0.1) is 28.0 Å². The molecular weight excluding hydrogens is 486 g/mol. The van der Waals surface area contributed by atoms with E-state index in [0.29, 0.717) is 6.42 Å². The van der Waals surface area contributed by atoms with Crippen molar-refractivity contribution in [1.82, 2.24) is 0 Å². The lowest BCUT2D eigenvalue weighted by Gasteiger charge is -2.22. The molecule has 0 saturated carbocycles. The number of thioether (sulfide) groups is 2. The summed E-state index contributed by atoms with van der Waals surface area (Å²) in [7, 11) is -6.02. The number of hydrogen-bond acceptors (Lipinski definition) is 7. The van der Waals surface area contributed by atoms with E-state index in [1.807, 2.05) is 6.92 Å². The number of alkyl halides is 1. The van der Waals surface area contributed by atoms with Crippen LogP contribution in [-0.4, -0.2) is 58.7 Å². The fourth-order valence-electron chi connectivity index (χ4n) is 2.64. The molecule has 122 valence electrons. The number of hydrogen-bond donors (Lipinski definition) is 0. The minimum atomic E-state index is -3.09. The summed E-state index contributed by atoms with van der Waals surface area (Å²) < 4.78 is 46.6. The molecule has 3 aliphatic heterocycles. The Morgan fingerprint density at radius 3 is 2.48 bits per heavy atom. The second-order valence-corrected chi connectivity index (χ2v) is 14.3. The molecule has 3 saturated heterocycles. The normalized spacial score (nSPS) is 45.4. The van der Waals surface area contributed by atoms with E-state index in [1.165, 1.54) is 23.5 Å². The highest BCUT2D eigenvalue weighted by atomic mass is 79.9. The zero-order valence-corrected chi connectivity index (χ0v) is 17.6. The van der Waals surface area contributed by atoms with E-state index in [-0.39, 0.29) is 45.5 Å². The molecule has 3 rings (SSSR count). The Bertz CT molecular complexity index is 677. The van der Waals surface area contributed by atoms with Crippen molar-refractivity contribution in [3.63, 3.8) is 0 Å². The van der Waals surface area contributed by atoms with Crippen molar-refractivity contribution in [1.29, 1.82) is 0 Å². The van der Waals surface area contributed by atoms with Crippen LogP contribution in [-0.2, 0) is 19.7 Å². The monoisotopic (exact) mass is 499 g/mol. The quantitative estimate of drug-likeness (QED) is 0.511. The van der Waals surface area contributed by atoms with Gasteiger partial charge >= 0.3 is 0 Å². The minimum absolute atomic E-state index is 0. The maximum absolute atomic E-state index is 11.9. The third kappa shape index (κ3) is 3.38. The predicted molar refractivity (Wildman–Crippen MR) is 98.7 cm³/mol. The molecule has 0 N–H and O–H groups in total. The van der Waals surface area contributed by atoms with Gasteiger partial charge in [-0.05, 0) is 13.3 Å². The van der Waals surface area contributed by atoms with Gasteiger partial charge in [0.2, 0.25) is 0 Å². The van der Waals surface area contributed by atoms with Gasteiger partial charge in [-0.15, -0.1) is 17.0 Å². The van der Waals surface area contributed by atoms with Crippen molar-refractivity contribution in [2.24, 2.45) is 4.99 Å². The highest BCUT2D eigenvalue weighted by Crippen LogP contribution is 2.57. The van der Waals surface area contributed by atoms with Crippen molar-refractivity contribution in [3.05, 3.63) is 0 Å². The average molecular weight is 501 g/mol. The smallest absolute Gasteiger partial charge is 0.165 e. The molecule has 5 nitrogen and oxygen atoms in total. The number of halogens is 2. The predicted octanol–water partition coefficient (Wildman–Crippen LogP) is 1.86. The molecule has 0 radical (unpaired) electrons. The maximum Gasteiger partial charge on any atom is 0.165 e. The van der Waals surface area contributed by atoms with Gasteiger partial charge in [-0.25, -0.2) is 16.8 Å². The molecule has 3 heterocycles. The van der Waals surface area contributed by atoms with E-state index in [1.54, 1.807) is 0 Å². The van der Waals surface area contributed by atoms with Gasteiger partial charge in [0.15, 0.2) is 19.7 Å². The molecular formula is C10H15Br2NO4S4. The molecule has 0 aromatic rings. The van der Waals surface area contributed by atoms with E-state index >= 15 is 0 Å². The third-order valence-corrected chi connectivity index (χ3v) is 14.0. The summed E-state index contributed by atoms with van der Waals surface area (Å²) in [5.74, 6) is 0.480. The zero-order valence-electron chi connectivity index (χ0n) is 11.1. The van der Waals surface area contributed by atoms with Crippen LogP contribution < -0.4 is 0 Å². The Hall–Kier alpha value is 1.23. The Labute approximate surface area is 152 Å². The summed E-state index contributed by atoms with van der Waals surface area (Å²) in [5.41, 5.74) is 0. The topological polar surface area (TPSA) is 80.6 Å². The molecule has 3 aliphatic rings. The first-order valence-electron chi connectivity index (χ1n) is 6.12. The number of nitrogens with zero attached hydrogens (tertiary/aromatic N) is 1. The lowest BCUT2D eigenvalue weighted by Crippen LogP contribution is -2.33. The highest BCUT2D eigenvalue weighted by Gasteiger charge is 2.60. The summed E-state index contributed by atoms with van der Waals surface area (Å²) in [6.45, 7) is 1.94. The van der Waals surface area contributed by atoms with Crippen LogP contribution in [0.15, 0.2) is 4.99 Å². The number of aliphatic imine (C=N–C) groups is 1. The molecule has 4 atom stereocenters. The van der Waals surface area contributed by atoms with Crippen LogP contribution in [0.5, 0.6) is 0 Å². The average Bonchev–Trinajstić information content (AvgIpc) is 2.84. The minimum Gasteiger partial charge on any atom is -0.267 e. The molecule has 0 spiro atoms. The van der Waals surface area contributed by atoms with Gasteiger partial charge in [-0.3, -0.25) is 4.99 Å². The standard InChI is InChI=1S/C10H14BrNO4S4.BrH/c1-10-7(5-20(15,16)8(10)11)17-9(18-10)12-6-2-3-19(13,14)4-6;/h6-8H,2-5H2,1H3;1H/t6?,7-,8?,10-;/m0./s1. The Morgan fingerprint density at radius 1 is 1.29 bits per heavy atom. The Balaban J connectivity index is 0.00000161. The fraction of sp³-hybridized carbons (Fsp3) is 0.900. The van der Waals surface area contributed by atoms with Crippen molar-refractivity contribution in [2.45, 2.75) is 33.5 Å². The molecule has 21 heavy (non-hydrogen) atoms. The fourth-order valence-corrected chi connectivity index (χ4v) is 12.0. The molecule has 0 amide bonds. The van der Waals surface area contributed by atoms with Crippen LogP contribution in [0.1, 0.15) is 13.3 Å². The van der Waals surface area contributed by atoms with Crippen molar-refractivity contribution < 1.29 is 16.8 Å². The summed E-state index contributed by atoms with van der Waals surface area (Å²) in [5, 5.41) is -0.0152. The second-order valence-electron chi connectivity index (χ2n) is 5.49. The molecule has 0 aromatic carbocycles. The molecule has 2 unspecified atom stereocenters. The van der Waals surface area contributed by atoms with Gasteiger partial charge in [-0.2, -0.15) is 0 Å². The van der Waals surface area contributed by atoms with Crippen molar-refractivity contribution in [3.8, 4) is 0 Å². The molecule has 11 heteroatoms. The molecule has 0 aliphatic carbocycles. The second kappa shape index (κ2) is 5.94. The van der Waals surface area contributed by atoms with E-state index in [2.05, 4.69) is 20.9 Å². The third-order valence-electron chi connectivity index (χ3n) is 3.84. The molecule has 0 aromatic heterocycles. The van der Waals surface area contributed by atoms with Crippen LogP contribution >= 0.6 is 56.4 Å². The molecule has 0 bridgehead atoms. The number of sulfone groups is 2. The number of fused-ring (bicyclic) bond motifs is 1. The summed E-state index contributed by atoms with van der Waals surface area (Å²) >= 11 is 6.26. The maximum atomic E-state index is 11.9. The SMILES string of the molecule is Br.C[C@]12SC(=NC3CCS(=O)(=O)C3)S[C@H]1CS(=O)(=O)C2Br. The van der Waals surface area contributed by atoms with E-state index < -0.39 is 28.6 Å². The van der Waals surface area contributed by atoms with Crippen LogP contribution in [0.25, 0.3) is 0 Å². The van der Waals surface area contributed by atoms with Gasteiger partial charge < -0.3 is 0 Å². The van der Waals surface area contributed by atoms with Crippen LogP contribution in [0, 0.1) is 0 Å². The Morgan fingerprint density at radius 2 is 1.95 bits per heavy atom. The van der Waals surface area contributed by atoms with Gasteiger partial charge in [-0.1, -0.05) is 39.5 Å². The summed E-state index contributed by atoms with van der Waals surface area (Å²) in [4.78, 5) is 4.53. The largest absolute Gasteiger partial charge is 0.267 e. The first-order valence-corrected chi connectivity index (χ1v) is 12.3. The van der Waals surface area contributed by atoms with Crippen LogP contribution in [0.4, 0.5) is 0 Å². The van der Waals surface area contributed by atoms with Gasteiger partial charge in [0.1, 0.15) is 8.53 Å². The van der Waals surface area contributed by atoms with Crippen LogP contribution in [0.2, 0.25) is 0 Å². The lowest BCUT2D eigenvalue weighted by atomic mass is 10.1. The first-order chi connectivity index (χ1) is 9.12. The van der Waals surface area contributed by atoms with E-state index in [0.717, 1.165) is 4.38 Å². The van der Waals surface area contributed by atoms with Gasteiger partial charge in [0, 0.05) is 5.25 Å². The van der Waals surface area contributed by atoms with E-state index in [9.17, 15) is 16.8 Å². The first kappa shape index (κ1) is 18.6. The van der Waals surface area contributed by atoms with E-state index in [4.69, 9.17) is 0 Å². The van der Waals surface area contributed by atoms with Gasteiger partial charge in [0.25, 0.3) is 0 Å². The lowest BCUT2D eigenvalue weighted by molar-refractivity contribution is 0.598. The van der Waals surface area contributed by atoms with Crippen LogP contribution in [0.3, 0.4) is 0 Å². The summed E-state index contributed by atoms with van der Waals surface area (Å²) in [6.07, 6.45) is 0.574. The Kier molecular flexibility index (Phi) is 5.26. The molecule has 3 fully saturated rings. The van der Waals surface area contributed by atoms with Crippen molar-refractivity contribution in [2.75, 3.05) is 17.3 Å². The zero-order chi connectivity index (χ0) is 14.8.